The Kier molecular flexibility index (Phi) is 4.29. The minimum Gasteiger partial charge on any atom is -0.597 e. The van der Waals surface area contributed by atoms with Gasteiger partial charge < -0.3 is 14.2 Å². The molecule has 0 aromatic carbocycles. The lowest BCUT2D eigenvalue weighted by Gasteiger charge is -2.46. The van der Waals surface area contributed by atoms with Crippen LogP contribution in [0, 0.1) is 5.41 Å². The second kappa shape index (κ2) is 6.09. The first-order valence-electron chi connectivity index (χ1n) is 9.68. The van der Waals surface area contributed by atoms with Gasteiger partial charge in [0.25, 0.3) is 0 Å². The summed E-state index contributed by atoms with van der Waals surface area (Å²) in [4.78, 5) is 18.9. The van der Waals surface area contributed by atoms with E-state index in [0.29, 0.717) is 13.1 Å². The van der Waals surface area contributed by atoms with Gasteiger partial charge in [-0.15, -0.1) is 4.72 Å². The van der Waals surface area contributed by atoms with Crippen LogP contribution in [0.3, 0.4) is 0 Å². The largest absolute Gasteiger partial charge is 0.597 e. The van der Waals surface area contributed by atoms with Crippen molar-refractivity contribution in [3.05, 3.63) is 29.1 Å². The zero-order valence-electron chi connectivity index (χ0n) is 16.8. The molecule has 27 heavy (non-hydrogen) atoms. The fraction of sp³-hybridized carbons (Fsp3) is 0.700. The molecule has 0 unspecified atom stereocenters. The standard InChI is InChI=1S/C20H29N3O3S/c1-18(2,3)26-17(24)23-10-7-20(8-11-23)12-14-15-13(6-9-21-14)19(4,5)27(25)22-16(15)20/h6,9,16,22H,7-8,10-12H2,1-5H3/t16-,27-/m1/s1. The van der Waals surface area contributed by atoms with Crippen molar-refractivity contribution in [2.75, 3.05) is 13.1 Å². The Morgan fingerprint density at radius 3 is 2.67 bits per heavy atom. The first kappa shape index (κ1) is 19.0. The number of aromatic nitrogens is 1. The Labute approximate surface area is 164 Å². The number of piperidine rings is 1. The highest BCUT2D eigenvalue weighted by Crippen LogP contribution is 2.56. The maximum Gasteiger partial charge on any atom is 0.410 e. The van der Waals surface area contributed by atoms with E-state index in [1.165, 1.54) is 5.56 Å². The molecule has 0 radical (unpaired) electrons. The van der Waals surface area contributed by atoms with Gasteiger partial charge in [0, 0.05) is 52.9 Å². The van der Waals surface area contributed by atoms with E-state index in [2.05, 4.69) is 9.71 Å². The van der Waals surface area contributed by atoms with Gasteiger partial charge >= 0.3 is 6.09 Å². The van der Waals surface area contributed by atoms with E-state index < -0.39 is 21.7 Å². The van der Waals surface area contributed by atoms with Crippen LogP contribution in [0.1, 0.15) is 70.3 Å². The molecular formula is C20H29N3O3S. The molecule has 0 saturated carbocycles. The number of carbonyl (C=O) groups excluding carboxylic acids is 1. The molecule has 4 rings (SSSR count). The molecular weight excluding hydrogens is 362 g/mol. The van der Waals surface area contributed by atoms with Crippen molar-refractivity contribution in [1.29, 1.82) is 0 Å². The van der Waals surface area contributed by atoms with Crippen LogP contribution in [-0.4, -0.2) is 39.2 Å². The number of hydrogen-bond donors (Lipinski definition) is 1. The third kappa shape index (κ3) is 3.04. The predicted octanol–water partition coefficient (Wildman–Crippen LogP) is 3.20. The van der Waals surface area contributed by atoms with Crippen LogP contribution in [-0.2, 0) is 27.3 Å². The second-order valence-corrected chi connectivity index (χ2v) is 11.3. The molecule has 2 atom stereocenters. The maximum atomic E-state index is 12.9. The van der Waals surface area contributed by atoms with Crippen LogP contribution in [0.15, 0.2) is 12.3 Å². The highest BCUT2D eigenvalue weighted by atomic mass is 32.2. The molecule has 1 spiro atoms. The summed E-state index contributed by atoms with van der Waals surface area (Å²) in [6.45, 7) is 11.0. The molecule has 1 fully saturated rings. The highest BCUT2D eigenvalue weighted by molar-refractivity contribution is 7.90. The highest BCUT2D eigenvalue weighted by Gasteiger charge is 2.57. The van der Waals surface area contributed by atoms with Crippen LogP contribution in [0.5, 0.6) is 0 Å². The molecule has 6 nitrogen and oxygen atoms in total. The SMILES string of the molecule is CC(C)(C)OC(=O)N1CCC2(CC1)Cc1nccc3c1[C@H]2N[S@+]([O-])C3(C)C. The van der Waals surface area contributed by atoms with Gasteiger partial charge in [-0.25, -0.2) is 4.79 Å². The fourth-order valence-corrected chi connectivity index (χ4v) is 5.97. The van der Waals surface area contributed by atoms with E-state index in [1.54, 1.807) is 4.90 Å². The number of amides is 1. The molecule has 148 valence electrons. The lowest BCUT2D eigenvalue weighted by Crippen LogP contribution is -2.53. The van der Waals surface area contributed by atoms with Crippen molar-refractivity contribution in [3.63, 3.8) is 0 Å². The Morgan fingerprint density at radius 2 is 2.04 bits per heavy atom. The van der Waals surface area contributed by atoms with Crippen LogP contribution >= 0.6 is 0 Å². The summed E-state index contributed by atoms with van der Waals surface area (Å²) in [7, 11) is 0. The number of hydrogen-bond acceptors (Lipinski definition) is 5. The Balaban J connectivity index is 1.57. The van der Waals surface area contributed by atoms with Crippen molar-refractivity contribution < 1.29 is 14.1 Å². The number of nitrogens with zero attached hydrogens (tertiary/aromatic N) is 2. The third-order valence-electron chi connectivity index (χ3n) is 6.24. The molecule has 1 aromatic heterocycles. The quantitative estimate of drug-likeness (QED) is 0.687. The van der Waals surface area contributed by atoms with Gasteiger partial charge in [0.2, 0.25) is 0 Å². The molecule has 1 aliphatic carbocycles. The number of carbonyl (C=O) groups is 1. The van der Waals surface area contributed by atoms with Gasteiger partial charge in [0.05, 0.1) is 6.04 Å². The molecule has 2 aliphatic heterocycles. The van der Waals surface area contributed by atoms with Crippen molar-refractivity contribution in [1.82, 2.24) is 14.6 Å². The molecule has 7 heteroatoms. The minimum atomic E-state index is -1.15. The number of nitrogens with one attached hydrogen (secondary N) is 1. The van der Waals surface area contributed by atoms with E-state index in [9.17, 15) is 9.35 Å². The number of ether oxygens (including phenoxy) is 1. The van der Waals surface area contributed by atoms with Crippen LogP contribution in [0.25, 0.3) is 0 Å². The Bertz CT molecular complexity index is 766. The smallest absolute Gasteiger partial charge is 0.410 e. The maximum absolute atomic E-state index is 12.9. The molecule has 0 bridgehead atoms. The van der Waals surface area contributed by atoms with Crippen molar-refractivity contribution in [2.45, 2.75) is 70.3 Å². The summed E-state index contributed by atoms with van der Waals surface area (Å²) in [5.74, 6) is 0. The topological polar surface area (TPSA) is 77.5 Å². The average molecular weight is 392 g/mol. The second-order valence-electron chi connectivity index (χ2n) is 9.56. The first-order valence-corrected chi connectivity index (χ1v) is 10.8. The zero-order valence-corrected chi connectivity index (χ0v) is 17.6. The van der Waals surface area contributed by atoms with Crippen LogP contribution in [0.4, 0.5) is 4.79 Å². The van der Waals surface area contributed by atoms with E-state index in [0.717, 1.165) is 30.5 Å². The summed E-state index contributed by atoms with van der Waals surface area (Å²) < 4.78 is 21.4. The number of pyridine rings is 1. The molecule has 1 aromatic rings. The molecule has 1 N–H and O–H groups in total. The zero-order chi connectivity index (χ0) is 19.6. The average Bonchev–Trinajstić information content (AvgIpc) is 2.86. The van der Waals surface area contributed by atoms with Crippen LogP contribution < -0.4 is 4.72 Å². The van der Waals surface area contributed by atoms with Crippen molar-refractivity contribution in [2.24, 2.45) is 5.41 Å². The predicted molar refractivity (Wildman–Crippen MR) is 104 cm³/mol. The van der Waals surface area contributed by atoms with Crippen molar-refractivity contribution >= 4 is 17.5 Å². The van der Waals surface area contributed by atoms with E-state index in [-0.39, 0.29) is 17.6 Å². The van der Waals surface area contributed by atoms with Crippen LogP contribution in [0.2, 0.25) is 0 Å². The van der Waals surface area contributed by atoms with Gasteiger partial charge in [-0.2, -0.15) is 0 Å². The summed E-state index contributed by atoms with van der Waals surface area (Å²) >= 11 is -1.15. The summed E-state index contributed by atoms with van der Waals surface area (Å²) in [6.07, 6.45) is 4.20. The molecule has 1 saturated heterocycles. The molecule has 3 aliphatic rings. The summed E-state index contributed by atoms with van der Waals surface area (Å²) in [5.41, 5.74) is 3.01. The normalized spacial score (nSPS) is 28.1. The summed E-state index contributed by atoms with van der Waals surface area (Å²) in [6, 6.07) is 2.07. The van der Waals surface area contributed by atoms with Gasteiger partial charge in [0.1, 0.15) is 5.60 Å². The van der Waals surface area contributed by atoms with E-state index >= 15 is 0 Å². The lowest BCUT2D eigenvalue weighted by molar-refractivity contribution is 0.00695. The Hall–Kier alpha value is -1.31. The number of rotatable bonds is 0. The van der Waals surface area contributed by atoms with Gasteiger partial charge in [-0.1, -0.05) is 0 Å². The third-order valence-corrected chi connectivity index (χ3v) is 7.84. The molecule has 3 heterocycles. The van der Waals surface area contributed by atoms with Gasteiger partial charge in [-0.05, 0) is 59.9 Å². The van der Waals surface area contributed by atoms with Crippen molar-refractivity contribution in [3.8, 4) is 0 Å². The minimum absolute atomic E-state index is 0.0316. The number of likely N-dealkylation sites (tertiary alicyclic amines) is 1. The monoisotopic (exact) mass is 391 g/mol. The van der Waals surface area contributed by atoms with Gasteiger partial charge in [-0.3, -0.25) is 4.98 Å². The summed E-state index contributed by atoms with van der Waals surface area (Å²) in [5, 5.41) is 0. The van der Waals surface area contributed by atoms with Gasteiger partial charge in [0.15, 0.2) is 4.75 Å². The van der Waals surface area contributed by atoms with E-state index in [1.807, 2.05) is 46.9 Å². The first-order chi connectivity index (χ1) is 12.5. The molecule has 1 amide bonds. The fourth-order valence-electron chi connectivity index (χ4n) is 4.71. The Morgan fingerprint density at radius 1 is 1.37 bits per heavy atom. The number of fused-ring (bicyclic) bond motifs is 1. The lowest BCUT2D eigenvalue weighted by atomic mass is 9.72. The van der Waals surface area contributed by atoms with E-state index in [4.69, 9.17) is 4.74 Å².